The molecule has 5 heteroatoms. The highest BCUT2D eigenvalue weighted by molar-refractivity contribution is 6.30. The maximum atomic E-state index is 13.2. The number of rotatable bonds is 2. The van der Waals surface area contributed by atoms with Gasteiger partial charge in [-0.3, -0.25) is 0 Å². The van der Waals surface area contributed by atoms with Gasteiger partial charge in [0, 0.05) is 17.7 Å². The minimum Gasteiger partial charge on any atom is -0.328 e. The van der Waals surface area contributed by atoms with Gasteiger partial charge in [0.2, 0.25) is 0 Å². The third-order valence-corrected chi connectivity index (χ3v) is 2.08. The van der Waals surface area contributed by atoms with E-state index in [1.807, 2.05) is 0 Å². The molecule has 1 atom stereocenters. The Kier molecular flexibility index (Phi) is 3.39. The summed E-state index contributed by atoms with van der Waals surface area (Å²) >= 11 is 5.28. The molecule has 0 amide bonds. The van der Waals surface area contributed by atoms with E-state index in [9.17, 15) is 13.2 Å². The van der Waals surface area contributed by atoms with Crippen LogP contribution in [0.1, 0.15) is 12.5 Å². The van der Waals surface area contributed by atoms with E-state index in [1.165, 1.54) is 0 Å². The molecule has 0 heterocycles. The first-order valence-electron chi connectivity index (χ1n) is 4.01. The van der Waals surface area contributed by atoms with Crippen molar-refractivity contribution >= 4 is 11.6 Å². The summed E-state index contributed by atoms with van der Waals surface area (Å²) in [4.78, 5) is 0. The monoisotopic (exact) mass is 223 g/mol. The Hall–Kier alpha value is -0.740. The van der Waals surface area contributed by atoms with Crippen LogP contribution in [0.2, 0.25) is 5.02 Å². The molecule has 0 aliphatic rings. The van der Waals surface area contributed by atoms with E-state index in [0.29, 0.717) is 6.07 Å². The fourth-order valence-electron chi connectivity index (χ4n) is 1.11. The van der Waals surface area contributed by atoms with Gasteiger partial charge in [0.05, 0.1) is 0 Å². The van der Waals surface area contributed by atoms with E-state index in [-0.39, 0.29) is 12.0 Å². The smallest absolute Gasteiger partial charge is 0.150 e. The Bertz CT molecular complexity index is 352. The zero-order valence-electron chi connectivity index (χ0n) is 7.45. The van der Waals surface area contributed by atoms with Crippen molar-refractivity contribution in [3.8, 4) is 0 Å². The Morgan fingerprint density at radius 3 is 2.43 bits per heavy atom. The van der Waals surface area contributed by atoms with E-state index in [2.05, 4.69) is 0 Å². The van der Waals surface area contributed by atoms with Crippen LogP contribution in [-0.4, -0.2) is 6.04 Å². The number of benzene rings is 1. The number of nitrogens with two attached hydrogens (primary N) is 1. The summed E-state index contributed by atoms with van der Waals surface area (Å²) in [7, 11) is 0. The lowest BCUT2D eigenvalue weighted by Crippen LogP contribution is -2.19. The zero-order chi connectivity index (χ0) is 10.9. The molecule has 1 nitrogen and oxygen atoms in total. The Labute approximate surface area is 84.7 Å². The molecule has 0 radical (unpaired) electrons. The summed E-state index contributed by atoms with van der Waals surface area (Å²) in [6, 6.07) is 0.142. The molecule has 0 spiro atoms. The van der Waals surface area contributed by atoms with Gasteiger partial charge in [-0.2, -0.15) is 0 Å². The minimum atomic E-state index is -1.10. The van der Waals surface area contributed by atoms with E-state index >= 15 is 0 Å². The Morgan fingerprint density at radius 2 is 1.93 bits per heavy atom. The van der Waals surface area contributed by atoms with Crippen LogP contribution >= 0.6 is 11.6 Å². The van der Waals surface area contributed by atoms with Crippen molar-refractivity contribution in [3.05, 3.63) is 34.1 Å². The van der Waals surface area contributed by atoms with Gasteiger partial charge in [0.15, 0.2) is 5.82 Å². The third kappa shape index (κ3) is 2.19. The predicted molar refractivity (Wildman–Crippen MR) is 48.7 cm³/mol. The lowest BCUT2D eigenvalue weighted by Gasteiger charge is -2.09. The number of hydrogen-bond acceptors (Lipinski definition) is 1. The number of hydrogen-bond donors (Lipinski definition) is 1. The summed E-state index contributed by atoms with van der Waals surface area (Å²) in [6.07, 6.45) is -0.0162. The summed E-state index contributed by atoms with van der Waals surface area (Å²) < 4.78 is 39.0. The summed E-state index contributed by atoms with van der Waals surface area (Å²) in [5.41, 5.74) is 5.11. The average molecular weight is 224 g/mol. The van der Waals surface area contributed by atoms with Crippen molar-refractivity contribution in [2.45, 2.75) is 19.4 Å². The molecular formula is C9H9ClF3N. The minimum absolute atomic E-state index is 0.0162. The van der Waals surface area contributed by atoms with Gasteiger partial charge in [0.1, 0.15) is 16.7 Å². The maximum absolute atomic E-state index is 13.2. The Balaban J connectivity index is 3.22. The van der Waals surface area contributed by atoms with Gasteiger partial charge in [-0.05, 0) is 13.3 Å². The molecule has 1 rings (SSSR count). The van der Waals surface area contributed by atoms with E-state index < -0.39 is 28.5 Å². The summed E-state index contributed by atoms with van der Waals surface area (Å²) in [5, 5.41) is -0.693. The normalized spacial score (nSPS) is 13.0. The largest absolute Gasteiger partial charge is 0.328 e. The van der Waals surface area contributed by atoms with Gasteiger partial charge in [-0.1, -0.05) is 11.6 Å². The lowest BCUT2D eigenvalue weighted by molar-refractivity contribution is 0.515. The van der Waals surface area contributed by atoms with Crippen molar-refractivity contribution in [2.24, 2.45) is 5.73 Å². The average Bonchev–Trinajstić information content (AvgIpc) is 2.09. The van der Waals surface area contributed by atoms with Gasteiger partial charge in [-0.25, -0.2) is 13.2 Å². The fraction of sp³-hybridized carbons (Fsp3) is 0.333. The molecule has 1 aromatic carbocycles. The van der Waals surface area contributed by atoms with Crippen molar-refractivity contribution in [1.82, 2.24) is 0 Å². The second-order valence-electron chi connectivity index (χ2n) is 3.13. The second-order valence-corrected chi connectivity index (χ2v) is 3.51. The highest BCUT2D eigenvalue weighted by atomic mass is 35.5. The molecule has 0 aromatic heterocycles. The highest BCUT2D eigenvalue weighted by Gasteiger charge is 2.17. The third-order valence-electron chi connectivity index (χ3n) is 1.74. The molecular weight excluding hydrogens is 215 g/mol. The second kappa shape index (κ2) is 4.19. The van der Waals surface area contributed by atoms with Gasteiger partial charge in [-0.15, -0.1) is 0 Å². The topological polar surface area (TPSA) is 26.0 Å². The highest BCUT2D eigenvalue weighted by Crippen LogP contribution is 2.25. The molecule has 2 N–H and O–H groups in total. The first-order chi connectivity index (χ1) is 6.43. The van der Waals surface area contributed by atoms with E-state index in [4.69, 9.17) is 17.3 Å². The quantitative estimate of drug-likeness (QED) is 0.605. The fourth-order valence-corrected chi connectivity index (χ4v) is 1.28. The summed E-state index contributed by atoms with van der Waals surface area (Å²) in [5.74, 6) is -3.13. The predicted octanol–water partition coefficient (Wildman–Crippen LogP) is 2.65. The van der Waals surface area contributed by atoms with Gasteiger partial charge < -0.3 is 5.73 Å². The van der Waals surface area contributed by atoms with Crippen molar-refractivity contribution in [1.29, 1.82) is 0 Å². The van der Waals surface area contributed by atoms with Crippen LogP contribution in [0.5, 0.6) is 0 Å². The summed E-state index contributed by atoms with van der Waals surface area (Å²) in [6.45, 7) is 1.59. The molecule has 0 saturated heterocycles. The maximum Gasteiger partial charge on any atom is 0.150 e. The van der Waals surface area contributed by atoms with Crippen molar-refractivity contribution in [3.63, 3.8) is 0 Å². The van der Waals surface area contributed by atoms with Crippen LogP contribution in [0.4, 0.5) is 13.2 Å². The van der Waals surface area contributed by atoms with E-state index in [0.717, 1.165) is 0 Å². The van der Waals surface area contributed by atoms with Crippen molar-refractivity contribution in [2.75, 3.05) is 0 Å². The Morgan fingerprint density at radius 1 is 1.36 bits per heavy atom. The SMILES string of the molecule is CC(N)Cc1c(F)cc(F)c(Cl)c1F. The molecule has 1 aromatic rings. The molecule has 78 valence electrons. The molecule has 0 aliphatic heterocycles. The lowest BCUT2D eigenvalue weighted by atomic mass is 10.1. The van der Waals surface area contributed by atoms with Crippen LogP contribution in [0.25, 0.3) is 0 Å². The van der Waals surface area contributed by atoms with Crippen LogP contribution in [0.3, 0.4) is 0 Å². The standard InChI is InChI=1S/C9H9ClF3N/c1-4(14)2-5-6(11)3-7(12)8(10)9(5)13/h3-4H,2,14H2,1H3. The van der Waals surface area contributed by atoms with Gasteiger partial charge in [0.25, 0.3) is 0 Å². The molecule has 14 heavy (non-hydrogen) atoms. The van der Waals surface area contributed by atoms with Gasteiger partial charge >= 0.3 is 0 Å². The van der Waals surface area contributed by atoms with Crippen LogP contribution in [0, 0.1) is 17.5 Å². The van der Waals surface area contributed by atoms with Crippen LogP contribution in [0.15, 0.2) is 6.07 Å². The molecule has 1 unspecified atom stereocenters. The molecule has 0 bridgehead atoms. The molecule has 0 fully saturated rings. The van der Waals surface area contributed by atoms with E-state index in [1.54, 1.807) is 6.92 Å². The first kappa shape index (κ1) is 11.3. The number of halogens is 4. The molecule has 0 saturated carbocycles. The van der Waals surface area contributed by atoms with Crippen LogP contribution in [-0.2, 0) is 6.42 Å². The first-order valence-corrected chi connectivity index (χ1v) is 4.38. The molecule has 0 aliphatic carbocycles. The zero-order valence-corrected chi connectivity index (χ0v) is 8.21. The van der Waals surface area contributed by atoms with Crippen LogP contribution < -0.4 is 5.73 Å². The van der Waals surface area contributed by atoms with Crippen molar-refractivity contribution < 1.29 is 13.2 Å².